The number of carbonyl (C=O) groups is 2. The molecule has 0 spiro atoms. The van der Waals surface area contributed by atoms with E-state index in [1.54, 1.807) is 13.0 Å². The highest BCUT2D eigenvalue weighted by molar-refractivity contribution is 7.89. The number of benzene rings is 1. The lowest BCUT2D eigenvalue weighted by molar-refractivity contribution is -0.134. The van der Waals surface area contributed by atoms with Crippen molar-refractivity contribution in [3.63, 3.8) is 0 Å². The number of nitrogens with zero attached hydrogens (tertiary/aromatic N) is 2. The van der Waals surface area contributed by atoms with Crippen LogP contribution in [0.3, 0.4) is 0 Å². The molecule has 1 unspecified atom stereocenters. The molecule has 3 aliphatic rings. The third-order valence-corrected chi connectivity index (χ3v) is 7.95. The molecule has 3 aliphatic heterocycles. The molecule has 0 aromatic heterocycles. The summed E-state index contributed by atoms with van der Waals surface area (Å²) in [4.78, 5) is 26.6. The summed E-state index contributed by atoms with van der Waals surface area (Å²) < 4.78 is 33.7. The van der Waals surface area contributed by atoms with E-state index in [9.17, 15) is 18.0 Å². The van der Waals surface area contributed by atoms with Crippen LogP contribution in [0.5, 0.6) is 5.75 Å². The second kappa shape index (κ2) is 7.95. The summed E-state index contributed by atoms with van der Waals surface area (Å²) in [5, 5.41) is 2.69. The number of fused-ring (bicyclic) bond motifs is 1. The summed E-state index contributed by atoms with van der Waals surface area (Å²) in [6, 6.07) is 2.43. The van der Waals surface area contributed by atoms with E-state index in [-0.39, 0.29) is 23.3 Å². The fourth-order valence-electron chi connectivity index (χ4n) is 4.40. The second-order valence-corrected chi connectivity index (χ2v) is 9.82. The average Bonchev–Trinajstić information content (AvgIpc) is 3.03. The Morgan fingerprint density at radius 1 is 1.10 bits per heavy atom. The number of carbonyl (C=O) groups excluding carboxylic acids is 2. The monoisotopic (exact) mass is 421 g/mol. The standard InChI is InChI=1S/C20H27N3O5S/c1-14-11-15-17(28-13-19(24)21-15)12-18(14)29(26,27)23-10-6-7-16(23)20(25)22-8-4-2-3-5-9-22/h11-12,16H,2-10,13H2,1H3,(H,21,24). The van der Waals surface area contributed by atoms with E-state index < -0.39 is 16.1 Å². The number of likely N-dealkylation sites (tertiary alicyclic amines) is 1. The Bertz CT molecular complexity index is 922. The number of aryl methyl sites for hydroxylation is 1. The van der Waals surface area contributed by atoms with Crippen molar-refractivity contribution in [2.45, 2.75) is 56.4 Å². The molecule has 1 atom stereocenters. The Labute approximate surface area is 171 Å². The van der Waals surface area contributed by atoms with E-state index in [0.717, 1.165) is 25.7 Å². The Balaban J connectivity index is 1.62. The smallest absolute Gasteiger partial charge is 0.262 e. The number of sulfonamides is 1. The van der Waals surface area contributed by atoms with Gasteiger partial charge in [-0.1, -0.05) is 12.8 Å². The van der Waals surface area contributed by atoms with E-state index >= 15 is 0 Å². The third-order valence-electron chi connectivity index (χ3n) is 5.90. The van der Waals surface area contributed by atoms with Crippen molar-refractivity contribution in [3.8, 4) is 5.75 Å². The Kier molecular flexibility index (Phi) is 5.52. The van der Waals surface area contributed by atoms with E-state index in [1.165, 1.54) is 10.4 Å². The van der Waals surface area contributed by atoms with Crippen molar-refractivity contribution in [3.05, 3.63) is 17.7 Å². The molecule has 9 heteroatoms. The summed E-state index contributed by atoms with van der Waals surface area (Å²) in [7, 11) is -3.87. The average molecular weight is 422 g/mol. The molecule has 4 rings (SSSR count). The maximum absolute atomic E-state index is 13.5. The molecule has 158 valence electrons. The predicted octanol–water partition coefficient (Wildman–Crippen LogP) is 1.88. The molecule has 29 heavy (non-hydrogen) atoms. The van der Waals surface area contributed by atoms with Crippen molar-refractivity contribution in [1.82, 2.24) is 9.21 Å². The quantitative estimate of drug-likeness (QED) is 0.804. The molecule has 1 aromatic carbocycles. The first-order valence-corrected chi connectivity index (χ1v) is 11.7. The molecular formula is C20H27N3O5S. The number of amides is 2. The van der Waals surface area contributed by atoms with Gasteiger partial charge in [-0.05, 0) is 44.2 Å². The van der Waals surface area contributed by atoms with Crippen LogP contribution >= 0.6 is 0 Å². The predicted molar refractivity (Wildman–Crippen MR) is 107 cm³/mol. The molecule has 1 N–H and O–H groups in total. The normalized spacial score (nSPS) is 23.1. The fourth-order valence-corrected chi connectivity index (χ4v) is 6.27. The van der Waals surface area contributed by atoms with Gasteiger partial charge in [0.15, 0.2) is 6.61 Å². The van der Waals surface area contributed by atoms with Crippen molar-refractivity contribution >= 4 is 27.5 Å². The summed E-state index contributed by atoms with van der Waals surface area (Å²) in [6.45, 7) is 3.29. The minimum atomic E-state index is -3.87. The van der Waals surface area contributed by atoms with Crippen molar-refractivity contribution < 1.29 is 22.7 Å². The van der Waals surface area contributed by atoms with Gasteiger partial charge in [0.05, 0.1) is 10.6 Å². The number of hydrogen-bond donors (Lipinski definition) is 1. The van der Waals surface area contributed by atoms with E-state index in [4.69, 9.17) is 4.74 Å². The molecule has 8 nitrogen and oxygen atoms in total. The number of ether oxygens (including phenoxy) is 1. The summed E-state index contributed by atoms with van der Waals surface area (Å²) in [5.41, 5.74) is 0.985. The third kappa shape index (κ3) is 3.85. The second-order valence-electron chi connectivity index (χ2n) is 7.96. The van der Waals surface area contributed by atoms with Crippen molar-refractivity contribution in [1.29, 1.82) is 0 Å². The van der Waals surface area contributed by atoms with Crippen molar-refractivity contribution in [2.24, 2.45) is 0 Å². The Morgan fingerprint density at radius 3 is 2.55 bits per heavy atom. The van der Waals surface area contributed by atoms with Gasteiger partial charge in [0.25, 0.3) is 5.91 Å². The van der Waals surface area contributed by atoms with Crippen LogP contribution in [0.4, 0.5) is 5.69 Å². The van der Waals surface area contributed by atoms with E-state index in [2.05, 4.69) is 5.32 Å². The molecular weight excluding hydrogens is 394 g/mol. The summed E-state index contributed by atoms with van der Waals surface area (Å²) in [6.07, 6.45) is 5.38. The highest BCUT2D eigenvalue weighted by Gasteiger charge is 2.42. The molecule has 0 bridgehead atoms. The zero-order valence-electron chi connectivity index (χ0n) is 16.6. The van der Waals surface area contributed by atoms with Gasteiger partial charge in [-0.25, -0.2) is 8.42 Å². The van der Waals surface area contributed by atoms with Gasteiger partial charge in [-0.15, -0.1) is 0 Å². The SMILES string of the molecule is Cc1cc2c(cc1S(=O)(=O)N1CCCC1C(=O)N1CCCCCC1)OCC(=O)N2. The first kappa shape index (κ1) is 20.2. The highest BCUT2D eigenvalue weighted by atomic mass is 32.2. The lowest BCUT2D eigenvalue weighted by Crippen LogP contribution is -2.48. The van der Waals surface area contributed by atoms with Crippen LogP contribution in [-0.2, 0) is 19.6 Å². The lowest BCUT2D eigenvalue weighted by Gasteiger charge is -2.30. The number of nitrogens with one attached hydrogen (secondary N) is 1. The minimum absolute atomic E-state index is 0.0768. The molecule has 0 aliphatic carbocycles. The van der Waals surface area contributed by atoms with Crippen LogP contribution in [0.25, 0.3) is 0 Å². The molecule has 2 fully saturated rings. The first-order valence-electron chi connectivity index (χ1n) is 10.3. The van der Waals surface area contributed by atoms with Crippen LogP contribution in [0.15, 0.2) is 17.0 Å². The Hall–Kier alpha value is -2.13. The minimum Gasteiger partial charge on any atom is -0.482 e. The van der Waals surface area contributed by atoms with Gasteiger partial charge >= 0.3 is 0 Å². The van der Waals surface area contributed by atoms with Gasteiger partial charge < -0.3 is 15.0 Å². The Morgan fingerprint density at radius 2 is 1.83 bits per heavy atom. The fraction of sp³-hybridized carbons (Fsp3) is 0.600. The van der Waals surface area contributed by atoms with E-state index in [1.807, 2.05) is 4.90 Å². The zero-order chi connectivity index (χ0) is 20.6. The van der Waals surface area contributed by atoms with Crippen LogP contribution in [0, 0.1) is 6.92 Å². The molecule has 1 aromatic rings. The van der Waals surface area contributed by atoms with Gasteiger partial charge in [0.2, 0.25) is 15.9 Å². The number of rotatable bonds is 3. The zero-order valence-corrected chi connectivity index (χ0v) is 17.5. The van der Waals surface area contributed by atoms with Crippen molar-refractivity contribution in [2.75, 3.05) is 31.6 Å². The number of hydrogen-bond acceptors (Lipinski definition) is 5. The summed E-state index contributed by atoms with van der Waals surface area (Å²) in [5.74, 6) is -0.00868. The molecule has 0 radical (unpaired) electrons. The van der Waals surface area contributed by atoms with Gasteiger partial charge in [-0.3, -0.25) is 9.59 Å². The lowest BCUT2D eigenvalue weighted by atomic mass is 10.2. The van der Waals surface area contributed by atoms with Gasteiger partial charge in [0, 0.05) is 25.7 Å². The van der Waals surface area contributed by atoms with Crippen LogP contribution in [-0.4, -0.2) is 61.7 Å². The van der Waals surface area contributed by atoms with Gasteiger partial charge in [-0.2, -0.15) is 4.31 Å². The topological polar surface area (TPSA) is 96.0 Å². The van der Waals surface area contributed by atoms with Crippen LogP contribution < -0.4 is 10.1 Å². The molecule has 3 heterocycles. The molecule has 2 saturated heterocycles. The maximum atomic E-state index is 13.5. The van der Waals surface area contributed by atoms with Crippen LogP contribution in [0.2, 0.25) is 0 Å². The largest absolute Gasteiger partial charge is 0.482 e. The summed E-state index contributed by atoms with van der Waals surface area (Å²) >= 11 is 0. The molecule has 0 saturated carbocycles. The maximum Gasteiger partial charge on any atom is 0.262 e. The van der Waals surface area contributed by atoms with Crippen LogP contribution in [0.1, 0.15) is 44.1 Å². The van der Waals surface area contributed by atoms with Gasteiger partial charge in [0.1, 0.15) is 11.8 Å². The highest BCUT2D eigenvalue weighted by Crippen LogP contribution is 2.36. The first-order chi connectivity index (χ1) is 13.9. The number of anilines is 1. The molecule has 2 amide bonds. The van der Waals surface area contributed by atoms with E-state index in [0.29, 0.717) is 49.5 Å².